The van der Waals surface area contributed by atoms with E-state index in [0.29, 0.717) is 6.54 Å². The standard InChI is InChI=1S/C17H18FN3O.ClH/c1-12-6-7-15(22-12)11-20-16(17-19-8-9-21(17)2)13-4-3-5-14(18)10-13;/h3-10,16,20H,11H2,1-2H3;1H. The minimum absolute atomic E-state index is 0. The zero-order valence-corrected chi connectivity index (χ0v) is 13.8. The number of nitrogens with zero attached hydrogens (tertiary/aromatic N) is 2. The van der Waals surface area contributed by atoms with E-state index in [1.807, 2.05) is 42.9 Å². The van der Waals surface area contributed by atoms with Crippen LogP contribution in [0, 0.1) is 12.7 Å². The molecule has 6 heteroatoms. The van der Waals surface area contributed by atoms with Gasteiger partial charge in [-0.25, -0.2) is 9.37 Å². The van der Waals surface area contributed by atoms with Crippen molar-refractivity contribution < 1.29 is 8.81 Å². The molecule has 0 bridgehead atoms. The number of halogens is 2. The second-order valence-electron chi connectivity index (χ2n) is 5.28. The molecule has 3 rings (SSSR count). The summed E-state index contributed by atoms with van der Waals surface area (Å²) < 4.78 is 21.1. The molecule has 1 atom stereocenters. The normalized spacial score (nSPS) is 12.0. The molecule has 0 fully saturated rings. The van der Waals surface area contributed by atoms with Crippen LogP contribution < -0.4 is 5.32 Å². The summed E-state index contributed by atoms with van der Waals surface area (Å²) in [5.74, 6) is 2.28. The van der Waals surface area contributed by atoms with Crippen molar-refractivity contribution in [2.75, 3.05) is 0 Å². The van der Waals surface area contributed by atoms with Crippen LogP contribution in [-0.2, 0) is 13.6 Å². The van der Waals surface area contributed by atoms with Crippen LogP contribution in [0.1, 0.15) is 29.0 Å². The Morgan fingerprint density at radius 2 is 2.13 bits per heavy atom. The van der Waals surface area contributed by atoms with Gasteiger partial charge in [0.2, 0.25) is 0 Å². The van der Waals surface area contributed by atoms with Gasteiger partial charge in [0.25, 0.3) is 0 Å². The van der Waals surface area contributed by atoms with Gasteiger partial charge in [0.15, 0.2) is 0 Å². The van der Waals surface area contributed by atoms with Crippen LogP contribution in [0.25, 0.3) is 0 Å². The van der Waals surface area contributed by atoms with Crippen molar-refractivity contribution in [1.29, 1.82) is 0 Å². The van der Waals surface area contributed by atoms with Crippen molar-refractivity contribution in [2.24, 2.45) is 7.05 Å². The predicted octanol–water partition coefficient (Wildman–Crippen LogP) is 3.76. The molecule has 1 N–H and O–H groups in total. The zero-order valence-electron chi connectivity index (χ0n) is 13.0. The third-order valence-corrected chi connectivity index (χ3v) is 3.58. The third kappa shape index (κ3) is 4.00. The molecule has 122 valence electrons. The topological polar surface area (TPSA) is 43.0 Å². The molecule has 1 aromatic carbocycles. The van der Waals surface area contributed by atoms with Gasteiger partial charge in [-0.3, -0.25) is 5.32 Å². The molecule has 0 aliphatic carbocycles. The van der Waals surface area contributed by atoms with Gasteiger partial charge in [0.05, 0.1) is 12.6 Å². The Kier molecular flexibility index (Phi) is 5.58. The molecule has 0 aliphatic rings. The lowest BCUT2D eigenvalue weighted by Crippen LogP contribution is -2.24. The number of imidazole rings is 1. The average molecular weight is 336 g/mol. The lowest BCUT2D eigenvalue weighted by atomic mass is 10.1. The quantitative estimate of drug-likeness (QED) is 0.772. The van der Waals surface area contributed by atoms with Gasteiger partial charge in [-0.05, 0) is 36.8 Å². The van der Waals surface area contributed by atoms with Crippen molar-refractivity contribution in [3.63, 3.8) is 0 Å². The predicted molar refractivity (Wildman–Crippen MR) is 89.0 cm³/mol. The van der Waals surface area contributed by atoms with Gasteiger partial charge < -0.3 is 8.98 Å². The maximum atomic E-state index is 13.6. The fourth-order valence-electron chi connectivity index (χ4n) is 2.48. The van der Waals surface area contributed by atoms with Gasteiger partial charge in [-0.2, -0.15) is 0 Å². The van der Waals surface area contributed by atoms with E-state index in [9.17, 15) is 4.39 Å². The first-order valence-electron chi connectivity index (χ1n) is 7.15. The van der Waals surface area contributed by atoms with E-state index in [4.69, 9.17) is 4.42 Å². The van der Waals surface area contributed by atoms with Crippen LogP contribution in [-0.4, -0.2) is 9.55 Å². The van der Waals surface area contributed by atoms with Crippen molar-refractivity contribution >= 4 is 12.4 Å². The number of aromatic nitrogens is 2. The van der Waals surface area contributed by atoms with Gasteiger partial charge in [0, 0.05) is 19.4 Å². The summed E-state index contributed by atoms with van der Waals surface area (Å²) in [4.78, 5) is 4.39. The number of rotatable bonds is 5. The molecule has 0 saturated heterocycles. The highest BCUT2D eigenvalue weighted by Crippen LogP contribution is 2.22. The summed E-state index contributed by atoms with van der Waals surface area (Å²) in [7, 11) is 1.92. The molecule has 4 nitrogen and oxygen atoms in total. The maximum Gasteiger partial charge on any atom is 0.130 e. The van der Waals surface area contributed by atoms with Crippen LogP contribution in [0.5, 0.6) is 0 Å². The molecule has 0 aliphatic heterocycles. The lowest BCUT2D eigenvalue weighted by molar-refractivity contribution is 0.443. The van der Waals surface area contributed by atoms with Gasteiger partial charge in [-0.1, -0.05) is 12.1 Å². The van der Waals surface area contributed by atoms with E-state index in [1.54, 1.807) is 12.3 Å². The highest BCUT2D eigenvalue weighted by Gasteiger charge is 2.18. The first-order valence-corrected chi connectivity index (χ1v) is 7.15. The van der Waals surface area contributed by atoms with E-state index in [2.05, 4.69) is 10.3 Å². The Labute approximate surface area is 140 Å². The number of furan rings is 1. The SMILES string of the molecule is Cc1ccc(CNC(c2cccc(F)c2)c2nccn2C)o1.Cl. The first kappa shape index (κ1) is 17.2. The molecular weight excluding hydrogens is 317 g/mol. The van der Waals surface area contributed by atoms with Gasteiger partial charge >= 0.3 is 0 Å². The minimum atomic E-state index is -0.257. The highest BCUT2D eigenvalue weighted by atomic mass is 35.5. The van der Waals surface area contributed by atoms with Crippen LogP contribution in [0.15, 0.2) is 53.2 Å². The minimum Gasteiger partial charge on any atom is -0.465 e. The highest BCUT2D eigenvalue weighted by molar-refractivity contribution is 5.85. The summed E-state index contributed by atoms with van der Waals surface area (Å²) >= 11 is 0. The van der Waals surface area contributed by atoms with E-state index in [-0.39, 0.29) is 24.3 Å². The van der Waals surface area contributed by atoms with E-state index in [0.717, 1.165) is 22.9 Å². The second-order valence-corrected chi connectivity index (χ2v) is 5.28. The summed E-state index contributed by atoms with van der Waals surface area (Å²) in [6.45, 7) is 2.45. The Morgan fingerprint density at radius 1 is 1.30 bits per heavy atom. The molecule has 0 amide bonds. The molecule has 2 aromatic heterocycles. The van der Waals surface area contributed by atoms with Crippen molar-refractivity contribution in [3.05, 3.63) is 77.5 Å². The number of benzene rings is 1. The number of nitrogens with one attached hydrogen (secondary N) is 1. The molecule has 1 unspecified atom stereocenters. The number of hydrogen-bond donors (Lipinski definition) is 1. The molecule has 0 saturated carbocycles. The molecule has 23 heavy (non-hydrogen) atoms. The monoisotopic (exact) mass is 335 g/mol. The molecule has 2 heterocycles. The van der Waals surface area contributed by atoms with Crippen molar-refractivity contribution in [2.45, 2.75) is 19.5 Å². The lowest BCUT2D eigenvalue weighted by Gasteiger charge is -2.18. The zero-order chi connectivity index (χ0) is 15.5. The average Bonchev–Trinajstić information content (AvgIpc) is 3.09. The number of aryl methyl sites for hydroxylation is 2. The molecular formula is C17H19ClFN3O. The Hall–Kier alpha value is -2.11. The van der Waals surface area contributed by atoms with Gasteiger partial charge in [-0.15, -0.1) is 12.4 Å². The Morgan fingerprint density at radius 3 is 2.74 bits per heavy atom. The Bertz CT molecular complexity index is 769. The summed E-state index contributed by atoms with van der Waals surface area (Å²) in [5, 5.41) is 3.39. The van der Waals surface area contributed by atoms with E-state index in [1.165, 1.54) is 12.1 Å². The van der Waals surface area contributed by atoms with Crippen molar-refractivity contribution in [3.8, 4) is 0 Å². The summed E-state index contributed by atoms with van der Waals surface area (Å²) in [6.07, 6.45) is 3.61. The van der Waals surface area contributed by atoms with E-state index >= 15 is 0 Å². The smallest absolute Gasteiger partial charge is 0.130 e. The third-order valence-electron chi connectivity index (χ3n) is 3.58. The molecule has 3 aromatic rings. The fourth-order valence-corrected chi connectivity index (χ4v) is 2.48. The largest absolute Gasteiger partial charge is 0.465 e. The maximum absolute atomic E-state index is 13.6. The van der Waals surface area contributed by atoms with Crippen LogP contribution >= 0.6 is 12.4 Å². The van der Waals surface area contributed by atoms with E-state index < -0.39 is 0 Å². The fraction of sp³-hybridized carbons (Fsp3) is 0.235. The van der Waals surface area contributed by atoms with Crippen molar-refractivity contribution in [1.82, 2.24) is 14.9 Å². The van der Waals surface area contributed by atoms with Crippen LogP contribution in [0.3, 0.4) is 0 Å². The van der Waals surface area contributed by atoms with Crippen LogP contribution in [0.2, 0.25) is 0 Å². The summed E-state index contributed by atoms with van der Waals surface area (Å²) in [5.41, 5.74) is 0.831. The number of hydrogen-bond acceptors (Lipinski definition) is 3. The Balaban J connectivity index is 0.00000192. The van der Waals surface area contributed by atoms with Gasteiger partial charge in [0.1, 0.15) is 23.2 Å². The second kappa shape index (κ2) is 7.44. The molecule has 0 spiro atoms. The molecule has 0 radical (unpaired) electrons. The summed E-state index contributed by atoms with van der Waals surface area (Å²) in [6, 6.07) is 10.2. The first-order chi connectivity index (χ1) is 10.6. The van der Waals surface area contributed by atoms with Crippen LogP contribution in [0.4, 0.5) is 4.39 Å².